The quantitative estimate of drug-likeness (QED) is 0.437. The number of nitrogens with one attached hydrogen (secondary N) is 1. The molecule has 0 spiro atoms. The van der Waals surface area contributed by atoms with Crippen molar-refractivity contribution in [1.82, 2.24) is 14.9 Å². The standard InChI is InChI=1S/C27H28F3N3O4/c28-18-2-1-3-19(29)24(18)15-10-16(11-15)33-9-8-14(17(13-33)27(36)37)4-6-22(34)25-20(30)12-31-21-5-7-23(35)32-26(21)25/h1-3,5,7,12,14-17,22,34H,4,6,8-11,13H2,(H,32,35)(H,36,37)/t14-,15?,16?,17+,22?/m1/s1. The number of piperidine rings is 1. The molecule has 1 saturated carbocycles. The first-order valence-electron chi connectivity index (χ1n) is 12.5. The van der Waals surface area contributed by atoms with Crippen LogP contribution < -0.4 is 5.56 Å². The number of aliphatic hydroxyl groups is 1. The Balaban J connectivity index is 1.22. The number of carboxylic acid groups (broad SMARTS) is 1. The number of hydrogen-bond acceptors (Lipinski definition) is 5. The molecule has 2 aromatic heterocycles. The second kappa shape index (κ2) is 10.3. The van der Waals surface area contributed by atoms with Gasteiger partial charge in [0.05, 0.1) is 29.3 Å². The molecule has 0 amide bonds. The first-order chi connectivity index (χ1) is 17.7. The molecule has 3 aromatic rings. The number of aliphatic carboxylic acids is 1. The third-order valence-corrected chi connectivity index (χ3v) is 8.03. The van der Waals surface area contributed by atoms with Crippen molar-refractivity contribution in [1.29, 1.82) is 0 Å². The number of nitrogens with zero attached hydrogens (tertiary/aromatic N) is 2. The summed E-state index contributed by atoms with van der Waals surface area (Å²) >= 11 is 0. The molecule has 7 nitrogen and oxygen atoms in total. The van der Waals surface area contributed by atoms with Crippen molar-refractivity contribution in [3.63, 3.8) is 0 Å². The average molecular weight is 516 g/mol. The third kappa shape index (κ3) is 5.00. The number of pyridine rings is 2. The first kappa shape index (κ1) is 25.4. The van der Waals surface area contributed by atoms with Crippen LogP contribution in [-0.4, -0.2) is 50.2 Å². The lowest BCUT2D eigenvalue weighted by atomic mass is 9.72. The van der Waals surface area contributed by atoms with Crippen molar-refractivity contribution in [2.45, 2.75) is 50.2 Å². The first-order valence-corrected chi connectivity index (χ1v) is 12.5. The van der Waals surface area contributed by atoms with Gasteiger partial charge in [-0.1, -0.05) is 6.07 Å². The van der Waals surface area contributed by atoms with Gasteiger partial charge in [-0.15, -0.1) is 0 Å². The number of fused-ring (bicyclic) bond motifs is 1. The van der Waals surface area contributed by atoms with Gasteiger partial charge in [0.2, 0.25) is 5.56 Å². The van der Waals surface area contributed by atoms with Crippen molar-refractivity contribution in [3.05, 3.63) is 75.5 Å². The van der Waals surface area contributed by atoms with Crippen LogP contribution in [0.5, 0.6) is 0 Å². The minimum Gasteiger partial charge on any atom is -0.481 e. The summed E-state index contributed by atoms with van der Waals surface area (Å²) in [5, 5.41) is 20.7. The molecule has 37 heavy (non-hydrogen) atoms. The van der Waals surface area contributed by atoms with E-state index in [1.807, 2.05) is 0 Å². The van der Waals surface area contributed by atoms with Gasteiger partial charge in [-0.2, -0.15) is 0 Å². The van der Waals surface area contributed by atoms with Gasteiger partial charge in [-0.3, -0.25) is 19.5 Å². The highest BCUT2D eigenvalue weighted by atomic mass is 19.1. The maximum absolute atomic E-state index is 14.6. The van der Waals surface area contributed by atoms with E-state index in [1.54, 1.807) is 0 Å². The van der Waals surface area contributed by atoms with Gasteiger partial charge in [0.15, 0.2) is 0 Å². The molecule has 10 heteroatoms. The van der Waals surface area contributed by atoms with Crippen LogP contribution in [0.2, 0.25) is 0 Å². The average Bonchev–Trinajstić information content (AvgIpc) is 2.83. The predicted molar refractivity (Wildman–Crippen MR) is 129 cm³/mol. The smallest absolute Gasteiger partial charge is 0.308 e. The summed E-state index contributed by atoms with van der Waals surface area (Å²) in [4.78, 5) is 32.4. The molecule has 3 atom stereocenters. The molecule has 1 unspecified atom stereocenters. The molecule has 0 bridgehead atoms. The van der Waals surface area contributed by atoms with E-state index in [0.29, 0.717) is 44.3 Å². The summed E-state index contributed by atoms with van der Waals surface area (Å²) in [7, 11) is 0. The number of benzene rings is 1. The van der Waals surface area contributed by atoms with Crippen LogP contribution in [-0.2, 0) is 4.79 Å². The highest BCUT2D eigenvalue weighted by molar-refractivity contribution is 5.77. The summed E-state index contributed by atoms with van der Waals surface area (Å²) in [6.07, 6.45) is 1.96. The fourth-order valence-electron chi connectivity index (χ4n) is 5.94. The number of carboxylic acids is 1. The summed E-state index contributed by atoms with van der Waals surface area (Å²) < 4.78 is 42.8. The lowest BCUT2D eigenvalue weighted by molar-refractivity contribution is -0.147. The van der Waals surface area contributed by atoms with E-state index in [0.717, 1.165) is 6.20 Å². The zero-order valence-electron chi connectivity index (χ0n) is 20.0. The zero-order chi connectivity index (χ0) is 26.3. The molecular weight excluding hydrogens is 487 g/mol. The molecule has 5 rings (SSSR count). The van der Waals surface area contributed by atoms with Crippen molar-refractivity contribution < 1.29 is 28.2 Å². The van der Waals surface area contributed by atoms with Gasteiger partial charge in [-0.25, -0.2) is 13.2 Å². The Hall–Kier alpha value is -3.24. The van der Waals surface area contributed by atoms with E-state index in [2.05, 4.69) is 14.9 Å². The van der Waals surface area contributed by atoms with E-state index in [-0.39, 0.29) is 40.9 Å². The number of halogens is 3. The molecular formula is C27H28F3N3O4. The molecule has 1 aliphatic carbocycles. The number of H-pyrrole nitrogens is 1. The van der Waals surface area contributed by atoms with Crippen molar-refractivity contribution in [2.75, 3.05) is 13.1 Å². The monoisotopic (exact) mass is 515 g/mol. The fourth-order valence-corrected chi connectivity index (χ4v) is 5.94. The van der Waals surface area contributed by atoms with Gasteiger partial charge in [-0.05, 0) is 68.7 Å². The minimum absolute atomic E-state index is 0.0482. The van der Waals surface area contributed by atoms with E-state index < -0.39 is 41.0 Å². The van der Waals surface area contributed by atoms with E-state index in [1.165, 1.54) is 30.3 Å². The highest BCUT2D eigenvalue weighted by Crippen LogP contribution is 2.44. The molecule has 1 aliphatic heterocycles. The van der Waals surface area contributed by atoms with Crippen LogP contribution >= 0.6 is 0 Å². The molecule has 2 fully saturated rings. The van der Waals surface area contributed by atoms with Crippen LogP contribution in [0, 0.1) is 29.3 Å². The lowest BCUT2D eigenvalue weighted by Crippen LogP contribution is -2.52. The van der Waals surface area contributed by atoms with Crippen LogP contribution in [0.25, 0.3) is 11.0 Å². The van der Waals surface area contributed by atoms with Gasteiger partial charge in [0.1, 0.15) is 17.5 Å². The summed E-state index contributed by atoms with van der Waals surface area (Å²) in [5.74, 6) is -3.90. The highest BCUT2D eigenvalue weighted by Gasteiger charge is 2.42. The topological polar surface area (TPSA) is 107 Å². The summed E-state index contributed by atoms with van der Waals surface area (Å²) in [5.41, 5.74) is 0.0985. The van der Waals surface area contributed by atoms with Crippen molar-refractivity contribution in [3.8, 4) is 0 Å². The van der Waals surface area contributed by atoms with Crippen LogP contribution in [0.3, 0.4) is 0 Å². The number of aromatic nitrogens is 2. The largest absolute Gasteiger partial charge is 0.481 e. The Bertz CT molecular complexity index is 1350. The molecule has 1 saturated heterocycles. The normalized spacial score (nSPS) is 25.1. The van der Waals surface area contributed by atoms with E-state index in [9.17, 15) is 33.0 Å². The van der Waals surface area contributed by atoms with Crippen LogP contribution in [0.15, 0.2) is 41.3 Å². The lowest BCUT2D eigenvalue weighted by Gasteiger charge is -2.47. The number of hydrogen-bond donors (Lipinski definition) is 3. The summed E-state index contributed by atoms with van der Waals surface area (Å²) in [6.45, 7) is 0.953. The Kier molecular flexibility index (Phi) is 7.04. The number of carbonyl (C=O) groups is 1. The van der Waals surface area contributed by atoms with Crippen LogP contribution in [0.4, 0.5) is 13.2 Å². The SMILES string of the molecule is O=C(O)[C@H]1CN(C2CC(c3c(F)cccc3F)C2)CC[C@H]1CCC(O)c1c(F)cnc2ccc(=O)[nH]c12. The van der Waals surface area contributed by atoms with Crippen molar-refractivity contribution in [2.24, 2.45) is 11.8 Å². The van der Waals surface area contributed by atoms with Gasteiger partial charge < -0.3 is 15.2 Å². The second-order valence-corrected chi connectivity index (χ2v) is 10.1. The maximum Gasteiger partial charge on any atom is 0.308 e. The van der Waals surface area contributed by atoms with E-state index >= 15 is 0 Å². The molecule has 3 heterocycles. The fraction of sp³-hybridized carbons (Fsp3) is 0.444. The minimum atomic E-state index is -1.24. The Morgan fingerprint density at radius 3 is 2.57 bits per heavy atom. The predicted octanol–water partition coefficient (Wildman–Crippen LogP) is 4.12. The van der Waals surface area contributed by atoms with Gasteiger partial charge in [0.25, 0.3) is 0 Å². The molecule has 0 radical (unpaired) electrons. The van der Waals surface area contributed by atoms with Crippen LogP contribution in [0.1, 0.15) is 55.3 Å². The van der Waals surface area contributed by atoms with Gasteiger partial charge >= 0.3 is 5.97 Å². The number of aliphatic hydroxyl groups excluding tert-OH is 1. The maximum atomic E-state index is 14.6. The second-order valence-electron chi connectivity index (χ2n) is 10.1. The summed E-state index contributed by atoms with van der Waals surface area (Å²) in [6, 6.07) is 6.63. The number of rotatable bonds is 7. The van der Waals surface area contributed by atoms with Crippen molar-refractivity contribution >= 4 is 17.0 Å². The molecule has 2 aliphatic rings. The molecule has 1 aromatic carbocycles. The zero-order valence-corrected chi connectivity index (χ0v) is 20.0. The number of likely N-dealkylation sites (tertiary alicyclic amines) is 1. The Morgan fingerprint density at radius 2 is 1.86 bits per heavy atom. The Labute approximate surface area is 211 Å². The Morgan fingerprint density at radius 1 is 1.14 bits per heavy atom. The van der Waals surface area contributed by atoms with Gasteiger partial charge in [0, 0.05) is 29.8 Å². The van der Waals surface area contributed by atoms with E-state index in [4.69, 9.17) is 0 Å². The third-order valence-electron chi connectivity index (χ3n) is 8.03. The molecule has 196 valence electrons. The number of aromatic amines is 1. The molecule has 3 N–H and O–H groups in total.